The van der Waals surface area contributed by atoms with E-state index in [2.05, 4.69) is 4.98 Å². The summed E-state index contributed by atoms with van der Waals surface area (Å²) in [5.41, 5.74) is 0.0369. The molecule has 20 heavy (non-hydrogen) atoms. The molecule has 2 atom stereocenters. The molecule has 1 amide bonds. The lowest BCUT2D eigenvalue weighted by Gasteiger charge is -2.27. The molecule has 1 aliphatic heterocycles. The van der Waals surface area contributed by atoms with Gasteiger partial charge in [0.15, 0.2) is 0 Å². The predicted octanol–water partition coefficient (Wildman–Crippen LogP) is 0.753. The Morgan fingerprint density at radius 3 is 2.65 bits per heavy atom. The molecular formula is C13H14N2O4S. The number of carbonyl (C=O) groups is 2. The number of H-pyrrole nitrogens is 1. The van der Waals surface area contributed by atoms with Crippen molar-refractivity contribution in [3.8, 4) is 0 Å². The normalized spacial score (nSPS) is 25.7. The molecule has 1 saturated heterocycles. The number of carboxylic acid groups (broad SMARTS) is 1. The van der Waals surface area contributed by atoms with Crippen LogP contribution in [0.15, 0.2) is 23.1 Å². The van der Waals surface area contributed by atoms with Crippen molar-refractivity contribution in [1.29, 1.82) is 0 Å². The van der Waals surface area contributed by atoms with E-state index < -0.39 is 12.0 Å². The number of carboxylic acids is 1. The van der Waals surface area contributed by atoms with E-state index in [-0.39, 0.29) is 16.8 Å². The third-order valence-electron chi connectivity index (χ3n) is 3.61. The fraction of sp³-hybridized carbons (Fsp3) is 0.462. The Bertz CT molecular complexity index is 590. The van der Waals surface area contributed by atoms with E-state index >= 15 is 0 Å². The maximum absolute atomic E-state index is 12.5. The quantitative estimate of drug-likeness (QED) is 0.858. The van der Waals surface area contributed by atoms with E-state index in [1.54, 1.807) is 0 Å². The minimum absolute atomic E-state index is 0.0597. The maximum Gasteiger partial charge on any atom is 0.327 e. The molecule has 1 aromatic heterocycles. The molecule has 0 radical (unpaired) electrons. The molecule has 7 heteroatoms. The number of aromatic amines is 1. The van der Waals surface area contributed by atoms with Crippen LogP contribution in [0.5, 0.6) is 0 Å². The Hall–Kier alpha value is -1.76. The van der Waals surface area contributed by atoms with Crippen LogP contribution >= 0.6 is 11.8 Å². The van der Waals surface area contributed by atoms with Crippen LogP contribution in [0.1, 0.15) is 23.2 Å². The molecule has 1 aliphatic carbocycles. The van der Waals surface area contributed by atoms with Crippen molar-refractivity contribution in [2.75, 3.05) is 5.75 Å². The average Bonchev–Trinajstić information content (AvgIpc) is 3.17. The number of rotatable bonds is 3. The SMILES string of the molecule is O=C(O)C1CSC(C2CC2)N1C(=O)c1ccc(=O)[nH]c1. The minimum atomic E-state index is -0.974. The molecule has 0 spiro atoms. The van der Waals surface area contributed by atoms with Crippen molar-refractivity contribution < 1.29 is 14.7 Å². The number of aromatic nitrogens is 1. The van der Waals surface area contributed by atoms with Gasteiger partial charge >= 0.3 is 5.97 Å². The highest BCUT2D eigenvalue weighted by Crippen LogP contribution is 2.45. The largest absolute Gasteiger partial charge is 0.480 e. The molecule has 6 nitrogen and oxygen atoms in total. The second-order valence-corrected chi connectivity index (χ2v) is 6.22. The highest BCUT2D eigenvalue weighted by molar-refractivity contribution is 8.00. The minimum Gasteiger partial charge on any atom is -0.480 e. The van der Waals surface area contributed by atoms with E-state index in [4.69, 9.17) is 0 Å². The molecular weight excluding hydrogens is 280 g/mol. The van der Waals surface area contributed by atoms with Crippen LogP contribution in [-0.4, -0.2) is 44.0 Å². The van der Waals surface area contributed by atoms with E-state index in [9.17, 15) is 19.5 Å². The van der Waals surface area contributed by atoms with Crippen LogP contribution < -0.4 is 5.56 Å². The molecule has 0 aromatic carbocycles. The summed E-state index contributed by atoms with van der Waals surface area (Å²) in [6.07, 6.45) is 3.43. The van der Waals surface area contributed by atoms with Crippen LogP contribution in [0, 0.1) is 5.92 Å². The van der Waals surface area contributed by atoms with E-state index in [1.807, 2.05) is 0 Å². The molecule has 1 aromatic rings. The van der Waals surface area contributed by atoms with Gasteiger partial charge in [0, 0.05) is 18.0 Å². The number of hydrogen-bond donors (Lipinski definition) is 2. The first-order valence-corrected chi connectivity index (χ1v) is 7.48. The van der Waals surface area contributed by atoms with Gasteiger partial charge in [0.05, 0.1) is 10.9 Å². The number of thioether (sulfide) groups is 1. The van der Waals surface area contributed by atoms with Crippen molar-refractivity contribution in [2.45, 2.75) is 24.3 Å². The van der Waals surface area contributed by atoms with Crippen molar-refractivity contribution >= 4 is 23.6 Å². The molecule has 1 saturated carbocycles. The van der Waals surface area contributed by atoms with Gasteiger partial charge in [-0.1, -0.05) is 0 Å². The van der Waals surface area contributed by atoms with Crippen molar-refractivity contribution in [2.24, 2.45) is 5.92 Å². The summed E-state index contributed by atoms with van der Waals surface area (Å²) in [5, 5.41) is 9.22. The number of amides is 1. The standard InChI is InChI=1S/C13H14N2O4S/c16-10-4-3-8(5-14-10)11(17)15-9(13(18)19)6-20-12(15)7-1-2-7/h3-5,7,9,12H,1-2,6H2,(H,14,16)(H,18,19). The fourth-order valence-corrected chi connectivity index (χ4v) is 4.04. The fourth-order valence-electron chi connectivity index (χ4n) is 2.41. The Morgan fingerprint density at radius 1 is 1.35 bits per heavy atom. The van der Waals surface area contributed by atoms with Gasteiger partial charge in [0.1, 0.15) is 6.04 Å². The Kier molecular flexibility index (Phi) is 3.29. The van der Waals surface area contributed by atoms with Gasteiger partial charge in [-0.3, -0.25) is 9.59 Å². The van der Waals surface area contributed by atoms with Crippen LogP contribution in [0.3, 0.4) is 0 Å². The van der Waals surface area contributed by atoms with Gasteiger partial charge in [-0.15, -0.1) is 11.8 Å². The molecule has 2 unspecified atom stereocenters. The monoisotopic (exact) mass is 294 g/mol. The van der Waals surface area contributed by atoms with Gasteiger partial charge < -0.3 is 15.0 Å². The summed E-state index contributed by atoms with van der Waals surface area (Å²) in [4.78, 5) is 38.8. The zero-order valence-corrected chi connectivity index (χ0v) is 11.4. The van der Waals surface area contributed by atoms with Crippen LogP contribution in [0.25, 0.3) is 0 Å². The van der Waals surface area contributed by atoms with E-state index in [1.165, 1.54) is 35.0 Å². The lowest BCUT2D eigenvalue weighted by Crippen LogP contribution is -2.46. The van der Waals surface area contributed by atoms with Crippen molar-refractivity contribution in [3.63, 3.8) is 0 Å². The Labute approximate surface area is 119 Å². The van der Waals surface area contributed by atoms with E-state index in [0.29, 0.717) is 17.2 Å². The topological polar surface area (TPSA) is 90.5 Å². The summed E-state index contributed by atoms with van der Waals surface area (Å²) < 4.78 is 0. The Morgan fingerprint density at radius 2 is 2.10 bits per heavy atom. The molecule has 2 heterocycles. The second-order valence-electron chi connectivity index (χ2n) is 5.07. The number of carbonyl (C=O) groups excluding carboxylic acids is 1. The zero-order chi connectivity index (χ0) is 14.3. The third-order valence-corrected chi connectivity index (χ3v) is 5.07. The summed E-state index contributed by atoms with van der Waals surface area (Å²) >= 11 is 1.54. The van der Waals surface area contributed by atoms with Gasteiger partial charge in [0.2, 0.25) is 5.56 Å². The number of hydrogen-bond acceptors (Lipinski definition) is 4. The highest BCUT2D eigenvalue weighted by Gasteiger charge is 2.48. The summed E-state index contributed by atoms with van der Waals surface area (Å²) in [5.74, 6) is -0.476. The number of nitrogens with zero attached hydrogens (tertiary/aromatic N) is 1. The maximum atomic E-state index is 12.5. The summed E-state index contributed by atoms with van der Waals surface area (Å²) in [6, 6.07) is 1.93. The first kappa shape index (κ1) is 13.2. The average molecular weight is 294 g/mol. The predicted molar refractivity (Wildman–Crippen MR) is 73.6 cm³/mol. The van der Waals surface area contributed by atoms with Crippen molar-refractivity contribution in [3.05, 3.63) is 34.2 Å². The summed E-state index contributed by atoms with van der Waals surface area (Å²) in [7, 11) is 0. The summed E-state index contributed by atoms with van der Waals surface area (Å²) in [6.45, 7) is 0. The lowest BCUT2D eigenvalue weighted by molar-refractivity contribution is -0.141. The van der Waals surface area contributed by atoms with Crippen molar-refractivity contribution in [1.82, 2.24) is 9.88 Å². The van der Waals surface area contributed by atoms with E-state index in [0.717, 1.165) is 12.8 Å². The lowest BCUT2D eigenvalue weighted by atomic mass is 10.2. The van der Waals surface area contributed by atoms with Gasteiger partial charge in [0.25, 0.3) is 5.91 Å². The molecule has 106 valence electrons. The first-order chi connectivity index (χ1) is 9.58. The smallest absolute Gasteiger partial charge is 0.327 e. The Balaban J connectivity index is 1.90. The molecule has 2 fully saturated rings. The molecule has 3 rings (SSSR count). The number of aliphatic carboxylic acids is 1. The number of pyridine rings is 1. The van der Waals surface area contributed by atoms with Crippen LogP contribution in [0.2, 0.25) is 0 Å². The molecule has 0 bridgehead atoms. The molecule has 2 N–H and O–H groups in total. The number of nitrogens with one attached hydrogen (secondary N) is 1. The van der Waals surface area contributed by atoms with Gasteiger partial charge in [-0.05, 0) is 24.8 Å². The third kappa shape index (κ3) is 2.33. The molecule has 2 aliphatic rings. The van der Waals surface area contributed by atoms with Gasteiger partial charge in [-0.25, -0.2) is 4.79 Å². The first-order valence-electron chi connectivity index (χ1n) is 6.44. The van der Waals surface area contributed by atoms with Crippen LogP contribution in [0.4, 0.5) is 0 Å². The highest BCUT2D eigenvalue weighted by atomic mass is 32.2. The second kappa shape index (κ2) is 4.97. The van der Waals surface area contributed by atoms with Gasteiger partial charge in [-0.2, -0.15) is 0 Å². The zero-order valence-electron chi connectivity index (χ0n) is 10.6. The van der Waals surface area contributed by atoms with Crippen LogP contribution in [-0.2, 0) is 4.79 Å².